The van der Waals surface area contributed by atoms with Gasteiger partial charge >= 0.3 is 0 Å². The second-order valence-corrected chi connectivity index (χ2v) is 8.29. The fourth-order valence-corrected chi connectivity index (χ4v) is 4.05. The topological polar surface area (TPSA) is 0 Å². The first-order chi connectivity index (χ1) is 16.4. The predicted molar refractivity (Wildman–Crippen MR) is 125 cm³/mol. The number of rotatable bonds is 7. The molecule has 4 rings (SSSR count). The molecule has 5 heteroatoms. The molecule has 0 aliphatic carbocycles. The van der Waals surface area contributed by atoms with E-state index in [0.717, 1.165) is 30.5 Å². The minimum Gasteiger partial charge on any atom is -0.206 e. The molecule has 0 fully saturated rings. The van der Waals surface area contributed by atoms with E-state index in [1.165, 1.54) is 24.3 Å². The summed E-state index contributed by atoms with van der Waals surface area (Å²) in [4.78, 5) is 0. The Morgan fingerprint density at radius 1 is 0.500 bits per heavy atom. The van der Waals surface area contributed by atoms with Crippen molar-refractivity contribution in [1.29, 1.82) is 0 Å². The van der Waals surface area contributed by atoms with Gasteiger partial charge in [-0.1, -0.05) is 67.9 Å². The first-order valence-electron chi connectivity index (χ1n) is 11.2. The number of hydrogen-bond acceptors (Lipinski definition) is 0. The van der Waals surface area contributed by atoms with E-state index in [4.69, 9.17) is 0 Å². The Balaban J connectivity index is 1.53. The number of aryl methyl sites for hydroxylation is 3. The van der Waals surface area contributed by atoms with Crippen LogP contribution in [0.3, 0.4) is 0 Å². The Bertz CT molecular complexity index is 1310. The van der Waals surface area contributed by atoms with Gasteiger partial charge in [0.05, 0.1) is 0 Å². The van der Waals surface area contributed by atoms with Crippen LogP contribution in [-0.2, 0) is 19.3 Å². The summed E-state index contributed by atoms with van der Waals surface area (Å²) < 4.78 is 70.5. The summed E-state index contributed by atoms with van der Waals surface area (Å²) in [5.41, 5.74) is 3.24. The fraction of sp³-hybridized carbons (Fsp3) is 0.172. The Morgan fingerprint density at radius 2 is 1.09 bits per heavy atom. The molecule has 0 atom stereocenters. The molecule has 0 nitrogen and oxygen atoms in total. The normalized spacial score (nSPS) is 11.1. The molecular weight excluding hydrogens is 443 g/mol. The van der Waals surface area contributed by atoms with Gasteiger partial charge in [-0.25, -0.2) is 22.0 Å². The molecule has 174 valence electrons. The van der Waals surface area contributed by atoms with Crippen LogP contribution in [-0.4, -0.2) is 0 Å². The lowest BCUT2D eigenvalue weighted by Gasteiger charge is -2.11. The molecule has 0 spiro atoms. The van der Waals surface area contributed by atoms with Crippen molar-refractivity contribution in [2.24, 2.45) is 0 Å². The highest BCUT2D eigenvalue weighted by molar-refractivity contribution is 5.71. The highest BCUT2D eigenvalue weighted by Gasteiger charge is 2.16. The van der Waals surface area contributed by atoms with Crippen molar-refractivity contribution >= 4 is 0 Å². The first-order valence-corrected chi connectivity index (χ1v) is 11.2. The van der Waals surface area contributed by atoms with Crippen molar-refractivity contribution in [2.45, 2.75) is 32.6 Å². The number of hydrogen-bond donors (Lipinski definition) is 0. The van der Waals surface area contributed by atoms with E-state index in [1.54, 1.807) is 30.3 Å². The maximum Gasteiger partial charge on any atom is 0.166 e. The zero-order chi connectivity index (χ0) is 24.2. The lowest BCUT2D eigenvalue weighted by atomic mass is 9.96. The Labute approximate surface area is 195 Å². The van der Waals surface area contributed by atoms with E-state index in [2.05, 4.69) is 0 Å². The fourth-order valence-electron chi connectivity index (χ4n) is 4.05. The van der Waals surface area contributed by atoms with E-state index in [9.17, 15) is 22.0 Å². The third-order valence-electron chi connectivity index (χ3n) is 5.91. The van der Waals surface area contributed by atoms with Crippen LogP contribution in [0.2, 0.25) is 0 Å². The smallest absolute Gasteiger partial charge is 0.166 e. The van der Waals surface area contributed by atoms with Crippen LogP contribution in [0.25, 0.3) is 22.3 Å². The molecule has 0 aliphatic heterocycles. The van der Waals surface area contributed by atoms with E-state index in [1.807, 2.05) is 13.0 Å². The molecule has 0 N–H and O–H groups in total. The van der Waals surface area contributed by atoms with Crippen LogP contribution >= 0.6 is 0 Å². The van der Waals surface area contributed by atoms with E-state index in [0.29, 0.717) is 22.3 Å². The summed E-state index contributed by atoms with van der Waals surface area (Å²) in [6.07, 6.45) is 2.11. The summed E-state index contributed by atoms with van der Waals surface area (Å²) in [5, 5.41) is 0. The van der Waals surface area contributed by atoms with Crippen molar-refractivity contribution in [3.63, 3.8) is 0 Å². The Kier molecular flexibility index (Phi) is 7.11. The minimum atomic E-state index is -0.981. The third kappa shape index (κ3) is 5.04. The van der Waals surface area contributed by atoms with Crippen molar-refractivity contribution in [2.75, 3.05) is 0 Å². The lowest BCUT2D eigenvalue weighted by molar-refractivity contribution is 0.499. The van der Waals surface area contributed by atoms with Gasteiger partial charge in [0, 0.05) is 11.1 Å². The highest BCUT2D eigenvalue weighted by atomic mass is 19.2. The van der Waals surface area contributed by atoms with Crippen LogP contribution in [0.1, 0.15) is 30.0 Å². The first kappa shape index (κ1) is 23.7. The maximum atomic E-state index is 14.9. The molecule has 4 aromatic carbocycles. The molecule has 0 saturated heterocycles. The van der Waals surface area contributed by atoms with Crippen LogP contribution in [0.4, 0.5) is 22.0 Å². The third-order valence-corrected chi connectivity index (χ3v) is 5.91. The van der Waals surface area contributed by atoms with E-state index >= 15 is 0 Å². The Morgan fingerprint density at radius 3 is 1.74 bits per heavy atom. The van der Waals surface area contributed by atoms with Gasteiger partial charge in [-0.15, -0.1) is 0 Å². The van der Waals surface area contributed by atoms with Crippen molar-refractivity contribution in [3.8, 4) is 22.3 Å². The molecule has 0 amide bonds. The van der Waals surface area contributed by atoms with Gasteiger partial charge in [0.2, 0.25) is 0 Å². The van der Waals surface area contributed by atoms with Gasteiger partial charge < -0.3 is 0 Å². The van der Waals surface area contributed by atoms with Gasteiger partial charge in [0.1, 0.15) is 5.82 Å². The molecular formula is C29H23F5. The molecule has 0 saturated carbocycles. The van der Waals surface area contributed by atoms with Crippen LogP contribution in [0.15, 0.2) is 72.8 Å². The largest absolute Gasteiger partial charge is 0.206 e. The zero-order valence-corrected chi connectivity index (χ0v) is 18.6. The molecule has 0 bridgehead atoms. The summed E-state index contributed by atoms with van der Waals surface area (Å²) in [6.45, 7) is 2.03. The van der Waals surface area contributed by atoms with E-state index in [-0.39, 0.29) is 29.8 Å². The summed E-state index contributed by atoms with van der Waals surface area (Å²) in [5.74, 6) is -4.19. The predicted octanol–water partition coefficient (Wildman–Crippen LogP) is 8.45. The SMILES string of the molecule is CCCc1ccc(-c2ccc(-c3ccc(CCc4ccc(F)c(F)c4)c(F)c3F)cc2)c(F)c1. The molecule has 0 radical (unpaired) electrons. The molecule has 34 heavy (non-hydrogen) atoms. The second-order valence-electron chi connectivity index (χ2n) is 8.29. The molecule has 0 unspecified atom stereocenters. The average Bonchev–Trinajstić information content (AvgIpc) is 2.83. The molecule has 0 aliphatic rings. The van der Waals surface area contributed by atoms with Crippen molar-refractivity contribution in [1.82, 2.24) is 0 Å². The van der Waals surface area contributed by atoms with Crippen LogP contribution in [0.5, 0.6) is 0 Å². The van der Waals surface area contributed by atoms with Crippen LogP contribution < -0.4 is 0 Å². The van der Waals surface area contributed by atoms with Crippen molar-refractivity contribution in [3.05, 3.63) is 119 Å². The summed E-state index contributed by atoms with van der Waals surface area (Å²) in [6, 6.07) is 18.3. The van der Waals surface area contributed by atoms with Gasteiger partial charge in [-0.3, -0.25) is 0 Å². The van der Waals surface area contributed by atoms with Gasteiger partial charge in [0.25, 0.3) is 0 Å². The van der Waals surface area contributed by atoms with E-state index < -0.39 is 23.3 Å². The minimum absolute atomic E-state index is 0.0967. The second kappa shape index (κ2) is 10.2. The number of halogens is 5. The lowest BCUT2D eigenvalue weighted by Crippen LogP contribution is -2.00. The van der Waals surface area contributed by atoms with Crippen LogP contribution in [0, 0.1) is 29.1 Å². The van der Waals surface area contributed by atoms with Gasteiger partial charge in [-0.2, -0.15) is 0 Å². The molecule has 0 aromatic heterocycles. The van der Waals surface area contributed by atoms with Gasteiger partial charge in [0.15, 0.2) is 23.3 Å². The maximum absolute atomic E-state index is 14.9. The quantitative estimate of drug-likeness (QED) is 0.240. The van der Waals surface area contributed by atoms with Gasteiger partial charge in [-0.05, 0) is 65.3 Å². The molecule has 0 heterocycles. The summed E-state index contributed by atoms with van der Waals surface area (Å²) in [7, 11) is 0. The molecule has 4 aromatic rings. The standard InChI is InChI=1S/C29H23F5/c1-2-3-18-5-13-23(26(31)16-18)20-8-10-21(11-9-20)24-14-12-22(28(33)29(24)34)7-4-19-6-15-25(30)27(32)17-19/h5-6,8-17H,2-4,7H2,1H3. The zero-order valence-electron chi connectivity index (χ0n) is 18.6. The number of benzene rings is 4. The average molecular weight is 466 g/mol. The summed E-state index contributed by atoms with van der Waals surface area (Å²) >= 11 is 0. The monoisotopic (exact) mass is 466 g/mol. The Hall–Kier alpha value is -3.47. The highest BCUT2D eigenvalue weighted by Crippen LogP contribution is 2.30. The van der Waals surface area contributed by atoms with Crippen molar-refractivity contribution < 1.29 is 22.0 Å².